The summed E-state index contributed by atoms with van der Waals surface area (Å²) < 4.78 is 0. The van der Waals surface area contributed by atoms with E-state index in [4.69, 9.17) is 0 Å². The molecule has 4 nitrogen and oxygen atoms in total. The first-order valence-corrected chi connectivity index (χ1v) is 9.93. The topological polar surface area (TPSA) is 60.7 Å². The Labute approximate surface area is 165 Å². The lowest BCUT2D eigenvalue weighted by Crippen LogP contribution is -2.17. The number of H-pyrrole nitrogens is 2. The van der Waals surface area contributed by atoms with Crippen molar-refractivity contribution >= 4 is 49.2 Å². The molecule has 2 aliphatic rings. The Balaban J connectivity index is 1.66. The van der Waals surface area contributed by atoms with Gasteiger partial charge in [0, 0.05) is 44.4 Å². The van der Waals surface area contributed by atoms with Crippen molar-refractivity contribution in [1.82, 2.24) is 9.97 Å². The minimum atomic E-state index is -0.0324. The first kappa shape index (κ1) is 15.2. The van der Waals surface area contributed by atoms with Gasteiger partial charge in [-0.15, -0.1) is 0 Å². The third kappa shape index (κ3) is 1.86. The second kappa shape index (κ2) is 5.17. The molecule has 7 rings (SSSR count). The molecule has 2 aromatic heterocycles. The van der Waals surface area contributed by atoms with Crippen LogP contribution in [-0.2, 0) is 0 Å². The maximum atomic E-state index is 13.4. The Morgan fingerprint density at radius 1 is 0.724 bits per heavy atom. The Hall–Kier alpha value is -3.79. The predicted octanol–water partition coefficient (Wildman–Crippen LogP) is 5.32. The van der Waals surface area contributed by atoms with Crippen LogP contribution in [-0.4, -0.2) is 16.0 Å². The van der Waals surface area contributed by atoms with E-state index in [0.29, 0.717) is 0 Å². The maximum absolute atomic E-state index is 13.4. The fraction of sp³-hybridized carbons (Fsp3) is 0.0800. The van der Waals surface area contributed by atoms with E-state index in [2.05, 4.69) is 76.0 Å². The van der Waals surface area contributed by atoms with Crippen LogP contribution in [0.3, 0.4) is 0 Å². The van der Waals surface area contributed by atoms with Gasteiger partial charge < -0.3 is 15.3 Å². The van der Waals surface area contributed by atoms with Crippen LogP contribution < -0.4 is 10.9 Å². The van der Waals surface area contributed by atoms with Crippen LogP contribution in [0.1, 0.15) is 11.5 Å². The number of para-hydroxylation sites is 1. The average molecular weight is 375 g/mol. The lowest BCUT2D eigenvalue weighted by Gasteiger charge is -2.16. The number of hydrogen-bond acceptors (Lipinski definition) is 2. The highest BCUT2D eigenvalue weighted by atomic mass is 16.1. The van der Waals surface area contributed by atoms with Gasteiger partial charge >= 0.3 is 0 Å². The lowest BCUT2D eigenvalue weighted by atomic mass is 9.89. The van der Waals surface area contributed by atoms with Gasteiger partial charge in [0.2, 0.25) is 0 Å². The highest BCUT2D eigenvalue weighted by Gasteiger charge is 2.32. The number of allylic oxidation sites excluding steroid dienone is 2. The molecule has 138 valence electrons. The van der Waals surface area contributed by atoms with E-state index in [9.17, 15) is 4.79 Å². The fourth-order valence-electron chi connectivity index (χ4n) is 5.23. The van der Waals surface area contributed by atoms with E-state index in [-0.39, 0.29) is 17.5 Å². The highest BCUT2D eigenvalue weighted by molar-refractivity contribution is 6.24. The normalized spacial score (nSPS) is 19.9. The number of aromatic amines is 2. The number of rotatable bonds is 0. The van der Waals surface area contributed by atoms with Crippen molar-refractivity contribution < 1.29 is 0 Å². The number of pyridine rings is 1. The van der Waals surface area contributed by atoms with E-state index in [1.165, 1.54) is 5.56 Å². The molecule has 5 aromatic rings. The second-order valence-electron chi connectivity index (χ2n) is 7.95. The summed E-state index contributed by atoms with van der Waals surface area (Å²) in [6.07, 6.45) is 8.57. The number of hydrogen-bond donors (Lipinski definition) is 3. The van der Waals surface area contributed by atoms with E-state index in [1.807, 2.05) is 12.1 Å². The number of benzene rings is 3. The molecule has 0 spiro atoms. The van der Waals surface area contributed by atoms with Crippen LogP contribution in [0.25, 0.3) is 43.5 Å². The third-order valence-corrected chi connectivity index (χ3v) is 6.46. The van der Waals surface area contributed by atoms with Gasteiger partial charge in [0.15, 0.2) is 0 Å². The van der Waals surface area contributed by atoms with Crippen molar-refractivity contribution in [2.45, 2.75) is 12.0 Å². The van der Waals surface area contributed by atoms with Gasteiger partial charge in [-0.25, -0.2) is 0 Å². The summed E-state index contributed by atoms with van der Waals surface area (Å²) in [6.45, 7) is 0. The van der Waals surface area contributed by atoms with Crippen molar-refractivity contribution in [1.29, 1.82) is 0 Å². The SMILES string of the molecule is O=c1[nH]c2c3c(ccc2c2ccc4[nH]c5ccccc5c4c12)NC1C=CC=CC31. The Bertz CT molecular complexity index is 1620. The van der Waals surface area contributed by atoms with Gasteiger partial charge in [-0.2, -0.15) is 0 Å². The third-order valence-electron chi connectivity index (χ3n) is 6.46. The predicted molar refractivity (Wildman–Crippen MR) is 120 cm³/mol. The molecule has 3 aromatic carbocycles. The first-order valence-electron chi connectivity index (χ1n) is 9.93. The van der Waals surface area contributed by atoms with Gasteiger partial charge in [0.05, 0.1) is 16.9 Å². The van der Waals surface area contributed by atoms with Crippen molar-refractivity contribution in [3.8, 4) is 0 Å². The van der Waals surface area contributed by atoms with Gasteiger partial charge in [-0.1, -0.05) is 54.6 Å². The highest BCUT2D eigenvalue weighted by Crippen LogP contribution is 2.44. The largest absolute Gasteiger partial charge is 0.378 e. The molecule has 3 N–H and O–H groups in total. The summed E-state index contributed by atoms with van der Waals surface area (Å²) in [5, 5.41) is 8.52. The zero-order valence-corrected chi connectivity index (χ0v) is 15.5. The molecular formula is C25H17N3O. The smallest absolute Gasteiger partial charge is 0.257 e. The fourth-order valence-corrected chi connectivity index (χ4v) is 5.23. The zero-order valence-electron chi connectivity index (χ0n) is 15.5. The van der Waals surface area contributed by atoms with Crippen molar-refractivity contribution in [3.05, 3.63) is 88.8 Å². The van der Waals surface area contributed by atoms with E-state index >= 15 is 0 Å². The second-order valence-corrected chi connectivity index (χ2v) is 7.95. The summed E-state index contributed by atoms with van der Waals surface area (Å²) in [4.78, 5) is 20.1. The minimum Gasteiger partial charge on any atom is -0.378 e. The van der Waals surface area contributed by atoms with Crippen LogP contribution >= 0.6 is 0 Å². The van der Waals surface area contributed by atoms with E-state index in [0.717, 1.165) is 49.2 Å². The summed E-state index contributed by atoms with van der Waals surface area (Å²) in [6, 6.07) is 16.9. The van der Waals surface area contributed by atoms with Gasteiger partial charge in [-0.3, -0.25) is 4.79 Å². The summed E-state index contributed by atoms with van der Waals surface area (Å²) in [7, 11) is 0. The zero-order chi connectivity index (χ0) is 19.1. The number of nitrogens with one attached hydrogen (secondary N) is 3. The quantitative estimate of drug-likeness (QED) is 0.321. The Morgan fingerprint density at radius 2 is 1.59 bits per heavy atom. The summed E-state index contributed by atoms with van der Waals surface area (Å²) in [5.74, 6) is 0.239. The molecule has 0 radical (unpaired) electrons. The first-order chi connectivity index (χ1) is 14.3. The number of aromatic nitrogens is 2. The summed E-state index contributed by atoms with van der Waals surface area (Å²) in [5.41, 5.74) is 5.24. The molecular weight excluding hydrogens is 358 g/mol. The van der Waals surface area contributed by atoms with Gasteiger partial charge in [0.25, 0.3) is 5.56 Å². The molecule has 29 heavy (non-hydrogen) atoms. The van der Waals surface area contributed by atoms with Crippen LogP contribution in [0.5, 0.6) is 0 Å². The summed E-state index contributed by atoms with van der Waals surface area (Å²) >= 11 is 0. The van der Waals surface area contributed by atoms with Crippen LogP contribution in [0.2, 0.25) is 0 Å². The molecule has 0 saturated carbocycles. The molecule has 1 aliphatic heterocycles. The van der Waals surface area contributed by atoms with E-state index in [1.54, 1.807) is 0 Å². The van der Waals surface area contributed by atoms with Gasteiger partial charge in [-0.05, 0) is 23.6 Å². The molecule has 2 unspecified atom stereocenters. The van der Waals surface area contributed by atoms with Crippen molar-refractivity contribution in [2.75, 3.05) is 5.32 Å². The molecule has 0 bridgehead atoms. The lowest BCUT2D eigenvalue weighted by molar-refractivity contribution is 0.808. The van der Waals surface area contributed by atoms with Crippen molar-refractivity contribution in [3.63, 3.8) is 0 Å². The molecule has 1 aliphatic carbocycles. The van der Waals surface area contributed by atoms with E-state index < -0.39 is 0 Å². The van der Waals surface area contributed by atoms with Crippen LogP contribution in [0.15, 0.2) is 77.6 Å². The maximum Gasteiger partial charge on any atom is 0.257 e. The van der Waals surface area contributed by atoms with Crippen molar-refractivity contribution in [2.24, 2.45) is 0 Å². The van der Waals surface area contributed by atoms with Gasteiger partial charge in [0.1, 0.15) is 0 Å². The number of anilines is 1. The molecule has 4 heteroatoms. The molecule has 3 heterocycles. The van der Waals surface area contributed by atoms with Crippen LogP contribution in [0.4, 0.5) is 5.69 Å². The Morgan fingerprint density at radius 3 is 2.55 bits per heavy atom. The molecule has 2 atom stereocenters. The van der Waals surface area contributed by atoms with Crippen LogP contribution in [0, 0.1) is 0 Å². The Kier molecular flexibility index (Phi) is 2.71. The standard InChI is InChI=1S/C25H17N3O/c29-25-23-13(9-11-19-21(23)15-5-1-3-7-17(15)26-19)14-10-12-20-22(24(14)28-25)16-6-2-4-8-18(16)27-20/h1-12,16,18,26-27H,(H,28,29). The molecule has 0 fully saturated rings. The molecule has 0 amide bonds. The minimum absolute atomic E-state index is 0.0324. The monoisotopic (exact) mass is 375 g/mol. The number of fused-ring (bicyclic) bond motifs is 11. The molecule has 0 saturated heterocycles. The average Bonchev–Trinajstić information content (AvgIpc) is 3.31.